The van der Waals surface area contributed by atoms with Crippen LogP contribution < -0.4 is 5.73 Å². The van der Waals surface area contributed by atoms with Crippen molar-refractivity contribution in [3.05, 3.63) is 47.4 Å². The first kappa shape index (κ1) is 13.8. The zero-order chi connectivity index (χ0) is 15.0. The van der Waals surface area contributed by atoms with Gasteiger partial charge in [-0.15, -0.1) is 0 Å². The number of benzene rings is 1. The summed E-state index contributed by atoms with van der Waals surface area (Å²) >= 11 is 1.55. The minimum atomic E-state index is 0.687. The third-order valence-corrected chi connectivity index (χ3v) is 4.52. The molecule has 5 heteroatoms. The highest BCUT2D eigenvalue weighted by Crippen LogP contribution is 2.33. The molecule has 21 heavy (non-hydrogen) atoms. The predicted molar refractivity (Wildman–Crippen MR) is 86.5 cm³/mol. The number of anilines is 1. The molecule has 0 spiro atoms. The Morgan fingerprint density at radius 2 is 1.71 bits per heavy atom. The summed E-state index contributed by atoms with van der Waals surface area (Å²) in [4.78, 5) is 14.5. The molecule has 0 radical (unpaired) electrons. The Bertz CT molecular complexity index is 807. The number of aryl methyl sites for hydroxylation is 2. The van der Waals surface area contributed by atoms with Crippen LogP contribution in [0, 0.1) is 20.8 Å². The smallest absolute Gasteiger partial charge is 0.192 e. The van der Waals surface area contributed by atoms with Gasteiger partial charge in [-0.1, -0.05) is 6.07 Å². The third kappa shape index (κ3) is 2.56. The van der Waals surface area contributed by atoms with Crippen LogP contribution in [0.15, 0.2) is 40.5 Å². The number of nitrogens with two attached hydrogens (primary N) is 1. The number of hydrogen-bond acceptors (Lipinski definition) is 5. The summed E-state index contributed by atoms with van der Waals surface area (Å²) in [5.74, 6) is 0. The Morgan fingerprint density at radius 1 is 1.00 bits per heavy atom. The first-order valence-electron chi connectivity index (χ1n) is 6.69. The highest BCUT2D eigenvalue weighted by molar-refractivity contribution is 7.99. The molecular formula is C16H16N4S. The zero-order valence-electron chi connectivity index (χ0n) is 12.2. The minimum Gasteiger partial charge on any atom is -0.397 e. The standard InChI is InChI=1S/C16H16N4S/c1-9-10(2)19-16(20-11(9)3)21-14-7-6-13(17)15-12(14)5-4-8-18-15/h4-8H,17H2,1-3H3. The molecule has 2 aromatic heterocycles. The van der Waals surface area contributed by atoms with Gasteiger partial charge in [0, 0.05) is 27.9 Å². The maximum atomic E-state index is 5.98. The van der Waals surface area contributed by atoms with Crippen LogP contribution in [0.2, 0.25) is 0 Å². The van der Waals surface area contributed by atoms with Crippen molar-refractivity contribution in [3.8, 4) is 0 Å². The van der Waals surface area contributed by atoms with Crippen LogP contribution in [0.3, 0.4) is 0 Å². The van der Waals surface area contributed by atoms with Gasteiger partial charge >= 0.3 is 0 Å². The SMILES string of the molecule is Cc1nc(Sc2ccc(N)c3ncccc23)nc(C)c1C. The molecule has 4 nitrogen and oxygen atoms in total. The number of pyridine rings is 1. The maximum Gasteiger partial charge on any atom is 0.192 e. The lowest BCUT2D eigenvalue weighted by Crippen LogP contribution is -1.98. The summed E-state index contributed by atoms with van der Waals surface area (Å²) < 4.78 is 0. The molecule has 0 atom stereocenters. The van der Waals surface area contributed by atoms with Crippen LogP contribution in [0.4, 0.5) is 5.69 Å². The van der Waals surface area contributed by atoms with E-state index < -0.39 is 0 Å². The third-order valence-electron chi connectivity index (χ3n) is 3.57. The normalized spacial score (nSPS) is 11.0. The Hall–Kier alpha value is -2.14. The van der Waals surface area contributed by atoms with Crippen LogP contribution in [-0.4, -0.2) is 15.0 Å². The summed E-state index contributed by atoms with van der Waals surface area (Å²) in [5.41, 5.74) is 10.7. The van der Waals surface area contributed by atoms with Gasteiger partial charge in [-0.2, -0.15) is 0 Å². The van der Waals surface area contributed by atoms with E-state index in [-0.39, 0.29) is 0 Å². The fourth-order valence-corrected chi connectivity index (χ4v) is 3.12. The second-order valence-corrected chi connectivity index (χ2v) is 5.97. The predicted octanol–water partition coefficient (Wildman–Crippen LogP) is 3.68. The van der Waals surface area contributed by atoms with E-state index in [2.05, 4.69) is 15.0 Å². The molecule has 0 amide bonds. The Labute approximate surface area is 127 Å². The van der Waals surface area contributed by atoms with Gasteiger partial charge in [-0.25, -0.2) is 9.97 Å². The Balaban J connectivity index is 2.09. The zero-order valence-corrected chi connectivity index (χ0v) is 13.0. The molecule has 0 aliphatic carbocycles. The van der Waals surface area contributed by atoms with Gasteiger partial charge < -0.3 is 5.73 Å². The molecule has 0 saturated carbocycles. The average molecular weight is 296 g/mol. The van der Waals surface area contributed by atoms with E-state index in [9.17, 15) is 0 Å². The van der Waals surface area contributed by atoms with Crippen LogP contribution in [0.1, 0.15) is 17.0 Å². The molecule has 1 aromatic carbocycles. The van der Waals surface area contributed by atoms with Crippen LogP contribution in [0.25, 0.3) is 10.9 Å². The highest BCUT2D eigenvalue weighted by atomic mass is 32.2. The van der Waals surface area contributed by atoms with Gasteiger partial charge in [0.1, 0.15) is 0 Å². The van der Waals surface area contributed by atoms with Crippen molar-refractivity contribution in [2.24, 2.45) is 0 Å². The summed E-state index contributed by atoms with van der Waals surface area (Å²) in [6.45, 7) is 6.06. The molecule has 0 fully saturated rings. The average Bonchev–Trinajstić information content (AvgIpc) is 2.48. The molecule has 0 unspecified atom stereocenters. The number of nitrogens with zero attached hydrogens (tertiary/aromatic N) is 3. The van der Waals surface area contributed by atoms with Gasteiger partial charge in [-0.3, -0.25) is 4.98 Å². The van der Waals surface area contributed by atoms with Gasteiger partial charge in [0.25, 0.3) is 0 Å². The van der Waals surface area contributed by atoms with Gasteiger partial charge in [0.2, 0.25) is 0 Å². The van der Waals surface area contributed by atoms with Crippen molar-refractivity contribution < 1.29 is 0 Å². The fourth-order valence-electron chi connectivity index (χ4n) is 2.14. The van der Waals surface area contributed by atoms with Crippen LogP contribution in [0.5, 0.6) is 0 Å². The molecule has 106 valence electrons. The van der Waals surface area contributed by atoms with Crippen molar-refractivity contribution in [1.82, 2.24) is 15.0 Å². The number of rotatable bonds is 2. The van der Waals surface area contributed by atoms with E-state index in [0.29, 0.717) is 5.69 Å². The number of hydrogen-bond donors (Lipinski definition) is 1. The topological polar surface area (TPSA) is 64.7 Å². The quantitative estimate of drug-likeness (QED) is 0.577. The van der Waals surface area contributed by atoms with Crippen molar-refractivity contribution in [2.45, 2.75) is 30.8 Å². The summed E-state index contributed by atoms with van der Waals surface area (Å²) in [7, 11) is 0. The molecule has 0 aliphatic rings. The first-order chi connectivity index (χ1) is 10.1. The molecule has 3 rings (SSSR count). The second-order valence-electron chi connectivity index (χ2n) is 4.96. The molecule has 2 heterocycles. The second kappa shape index (κ2) is 5.33. The van der Waals surface area contributed by atoms with Crippen LogP contribution in [-0.2, 0) is 0 Å². The first-order valence-corrected chi connectivity index (χ1v) is 7.51. The van der Waals surface area contributed by atoms with E-state index in [1.54, 1.807) is 18.0 Å². The van der Waals surface area contributed by atoms with Crippen molar-refractivity contribution in [2.75, 3.05) is 5.73 Å². The van der Waals surface area contributed by atoms with E-state index in [1.165, 1.54) is 0 Å². The maximum absolute atomic E-state index is 5.98. The summed E-state index contributed by atoms with van der Waals surface area (Å²) in [5, 5.41) is 1.78. The van der Waals surface area contributed by atoms with Gasteiger partial charge in [0.15, 0.2) is 5.16 Å². The number of aromatic nitrogens is 3. The lowest BCUT2D eigenvalue weighted by atomic mass is 10.2. The minimum absolute atomic E-state index is 0.687. The molecule has 0 saturated heterocycles. The van der Waals surface area contributed by atoms with Gasteiger partial charge in [-0.05, 0) is 56.3 Å². The lowest BCUT2D eigenvalue weighted by molar-refractivity contribution is 0.881. The van der Waals surface area contributed by atoms with Crippen LogP contribution >= 0.6 is 11.8 Å². The van der Waals surface area contributed by atoms with Crippen molar-refractivity contribution >= 4 is 28.4 Å². The molecule has 2 N–H and O–H groups in total. The number of fused-ring (bicyclic) bond motifs is 1. The summed E-state index contributed by atoms with van der Waals surface area (Å²) in [6.07, 6.45) is 1.75. The monoisotopic (exact) mass is 296 g/mol. The van der Waals surface area contributed by atoms with Crippen molar-refractivity contribution in [1.29, 1.82) is 0 Å². The largest absolute Gasteiger partial charge is 0.397 e. The van der Waals surface area contributed by atoms with E-state index in [1.807, 2.05) is 45.0 Å². The van der Waals surface area contributed by atoms with Gasteiger partial charge in [0.05, 0.1) is 11.2 Å². The number of nitrogen functional groups attached to an aromatic ring is 1. The molecule has 0 bridgehead atoms. The van der Waals surface area contributed by atoms with Crippen molar-refractivity contribution in [3.63, 3.8) is 0 Å². The molecule has 3 aromatic rings. The summed E-state index contributed by atoms with van der Waals surface area (Å²) in [6, 6.07) is 7.82. The Morgan fingerprint density at radius 3 is 2.43 bits per heavy atom. The fraction of sp³-hybridized carbons (Fsp3) is 0.188. The highest BCUT2D eigenvalue weighted by Gasteiger charge is 2.10. The van der Waals surface area contributed by atoms with E-state index >= 15 is 0 Å². The molecule has 0 aliphatic heterocycles. The van der Waals surface area contributed by atoms with E-state index in [4.69, 9.17) is 5.73 Å². The molecular weight excluding hydrogens is 280 g/mol. The Kier molecular flexibility index (Phi) is 3.51. The van der Waals surface area contributed by atoms with E-state index in [0.717, 1.165) is 37.9 Å². The lowest BCUT2D eigenvalue weighted by Gasteiger charge is -2.09.